The van der Waals surface area contributed by atoms with Crippen molar-refractivity contribution in [1.29, 1.82) is 0 Å². The van der Waals surface area contributed by atoms with Crippen LogP contribution in [0.25, 0.3) is 0 Å². The molecule has 2 atom stereocenters. The summed E-state index contributed by atoms with van der Waals surface area (Å²) in [6.07, 6.45) is 0.465. The van der Waals surface area contributed by atoms with Crippen molar-refractivity contribution in [2.45, 2.75) is 37.1 Å². The second kappa shape index (κ2) is 3.64. The minimum absolute atomic E-state index is 0.141. The minimum Gasteiger partial charge on any atom is -0.479 e. The SMILES string of the molecule is CC1(CC(F)C(=O)O)CCCS1. The molecule has 0 saturated carbocycles. The molecule has 2 unspecified atom stereocenters. The highest BCUT2D eigenvalue weighted by atomic mass is 32.2. The summed E-state index contributed by atoms with van der Waals surface area (Å²) in [7, 11) is 0. The third-order valence-electron chi connectivity index (χ3n) is 2.18. The van der Waals surface area contributed by atoms with E-state index >= 15 is 0 Å². The van der Waals surface area contributed by atoms with Crippen LogP contribution in [-0.2, 0) is 4.79 Å². The van der Waals surface area contributed by atoms with Gasteiger partial charge in [-0.2, -0.15) is 11.8 Å². The summed E-state index contributed by atoms with van der Waals surface area (Å²) < 4.78 is 12.7. The first kappa shape index (κ1) is 9.84. The van der Waals surface area contributed by atoms with Crippen LogP contribution in [0.15, 0.2) is 0 Å². The van der Waals surface area contributed by atoms with Gasteiger partial charge in [0.25, 0.3) is 0 Å². The Morgan fingerprint density at radius 1 is 1.83 bits per heavy atom. The van der Waals surface area contributed by atoms with E-state index < -0.39 is 12.1 Å². The highest BCUT2D eigenvalue weighted by molar-refractivity contribution is 8.00. The van der Waals surface area contributed by atoms with Crippen molar-refractivity contribution in [3.05, 3.63) is 0 Å². The maximum atomic E-state index is 12.8. The van der Waals surface area contributed by atoms with Crippen molar-refractivity contribution < 1.29 is 14.3 Å². The zero-order valence-electron chi connectivity index (χ0n) is 7.05. The van der Waals surface area contributed by atoms with Crippen LogP contribution in [-0.4, -0.2) is 27.7 Å². The van der Waals surface area contributed by atoms with Crippen LogP contribution in [0.5, 0.6) is 0 Å². The highest BCUT2D eigenvalue weighted by Crippen LogP contribution is 2.41. The third kappa shape index (κ3) is 2.37. The van der Waals surface area contributed by atoms with Crippen LogP contribution in [0.2, 0.25) is 0 Å². The zero-order valence-corrected chi connectivity index (χ0v) is 7.86. The van der Waals surface area contributed by atoms with Gasteiger partial charge in [-0.25, -0.2) is 9.18 Å². The number of aliphatic carboxylic acids is 1. The molecule has 0 spiro atoms. The lowest BCUT2D eigenvalue weighted by atomic mass is 9.99. The fourth-order valence-corrected chi connectivity index (χ4v) is 2.80. The predicted molar refractivity (Wildman–Crippen MR) is 47.2 cm³/mol. The summed E-state index contributed by atoms with van der Waals surface area (Å²) in [6, 6.07) is 0. The first-order valence-electron chi connectivity index (χ1n) is 4.04. The Labute approximate surface area is 75.5 Å². The zero-order chi connectivity index (χ0) is 9.19. The Morgan fingerprint density at radius 3 is 2.92 bits per heavy atom. The molecular formula is C8H13FO2S. The topological polar surface area (TPSA) is 37.3 Å². The largest absolute Gasteiger partial charge is 0.479 e. The second-order valence-electron chi connectivity index (χ2n) is 3.41. The summed E-state index contributed by atoms with van der Waals surface area (Å²) in [5.41, 5.74) is 0. The fourth-order valence-electron chi connectivity index (χ4n) is 1.46. The molecule has 70 valence electrons. The first-order chi connectivity index (χ1) is 5.53. The van der Waals surface area contributed by atoms with E-state index in [1.165, 1.54) is 0 Å². The smallest absolute Gasteiger partial charge is 0.338 e. The van der Waals surface area contributed by atoms with E-state index in [0.717, 1.165) is 18.6 Å². The van der Waals surface area contributed by atoms with E-state index in [-0.39, 0.29) is 11.2 Å². The Hall–Kier alpha value is -0.250. The van der Waals surface area contributed by atoms with Gasteiger partial charge in [-0.15, -0.1) is 0 Å². The highest BCUT2D eigenvalue weighted by Gasteiger charge is 2.34. The number of carbonyl (C=O) groups is 1. The molecular weight excluding hydrogens is 179 g/mol. The molecule has 12 heavy (non-hydrogen) atoms. The number of carboxylic acids is 1. The summed E-state index contributed by atoms with van der Waals surface area (Å²) in [5.74, 6) is -0.299. The number of thioether (sulfide) groups is 1. The van der Waals surface area contributed by atoms with Crippen LogP contribution >= 0.6 is 11.8 Å². The fraction of sp³-hybridized carbons (Fsp3) is 0.875. The van der Waals surface area contributed by atoms with Crippen molar-refractivity contribution in [1.82, 2.24) is 0 Å². The van der Waals surface area contributed by atoms with Gasteiger partial charge in [0.15, 0.2) is 6.17 Å². The van der Waals surface area contributed by atoms with E-state index in [2.05, 4.69) is 0 Å². The number of halogens is 1. The van der Waals surface area contributed by atoms with Crippen LogP contribution in [0.1, 0.15) is 26.2 Å². The average molecular weight is 192 g/mol. The van der Waals surface area contributed by atoms with Crippen LogP contribution in [0, 0.1) is 0 Å². The molecule has 4 heteroatoms. The van der Waals surface area contributed by atoms with E-state index in [1.54, 1.807) is 11.8 Å². The number of hydrogen-bond acceptors (Lipinski definition) is 2. The van der Waals surface area contributed by atoms with Crippen molar-refractivity contribution in [3.63, 3.8) is 0 Å². The molecule has 1 N–H and O–H groups in total. The molecule has 1 fully saturated rings. The lowest BCUT2D eigenvalue weighted by molar-refractivity contribution is -0.143. The molecule has 0 aromatic carbocycles. The minimum atomic E-state index is -1.69. The van der Waals surface area contributed by atoms with Gasteiger partial charge in [0.1, 0.15) is 0 Å². The van der Waals surface area contributed by atoms with Gasteiger partial charge in [-0.05, 0) is 18.6 Å². The van der Waals surface area contributed by atoms with Crippen molar-refractivity contribution in [2.75, 3.05) is 5.75 Å². The summed E-state index contributed by atoms with van der Waals surface area (Å²) in [4.78, 5) is 10.2. The molecule has 1 rings (SSSR count). The first-order valence-corrected chi connectivity index (χ1v) is 5.03. The monoisotopic (exact) mass is 192 g/mol. The molecule has 0 aromatic rings. The summed E-state index contributed by atoms with van der Waals surface area (Å²) in [6.45, 7) is 1.94. The number of alkyl halides is 1. The van der Waals surface area contributed by atoms with Gasteiger partial charge in [-0.3, -0.25) is 0 Å². The lowest BCUT2D eigenvalue weighted by Gasteiger charge is -2.22. The van der Waals surface area contributed by atoms with E-state index in [1.807, 2.05) is 6.92 Å². The van der Waals surface area contributed by atoms with Crippen LogP contribution < -0.4 is 0 Å². The molecule has 0 amide bonds. The van der Waals surface area contributed by atoms with E-state index in [0.29, 0.717) is 0 Å². The average Bonchev–Trinajstić information content (AvgIpc) is 2.35. The molecule has 1 aliphatic heterocycles. The lowest BCUT2D eigenvalue weighted by Crippen LogP contribution is -2.26. The molecule has 0 bridgehead atoms. The molecule has 0 aromatic heterocycles. The number of carboxylic acid groups (broad SMARTS) is 1. The molecule has 2 nitrogen and oxygen atoms in total. The van der Waals surface area contributed by atoms with Crippen molar-refractivity contribution in [2.24, 2.45) is 0 Å². The van der Waals surface area contributed by atoms with Crippen LogP contribution in [0.3, 0.4) is 0 Å². The summed E-state index contributed by atoms with van der Waals surface area (Å²) in [5, 5.41) is 8.37. The molecule has 0 aliphatic carbocycles. The molecule has 1 saturated heterocycles. The Morgan fingerprint density at radius 2 is 2.50 bits per heavy atom. The molecule has 1 aliphatic rings. The molecule has 1 heterocycles. The van der Waals surface area contributed by atoms with Gasteiger partial charge in [0.05, 0.1) is 0 Å². The maximum Gasteiger partial charge on any atom is 0.338 e. The number of rotatable bonds is 3. The van der Waals surface area contributed by atoms with Gasteiger partial charge < -0.3 is 5.11 Å². The van der Waals surface area contributed by atoms with Crippen molar-refractivity contribution >= 4 is 17.7 Å². The maximum absolute atomic E-state index is 12.8. The van der Waals surface area contributed by atoms with E-state index in [4.69, 9.17) is 5.11 Å². The van der Waals surface area contributed by atoms with Crippen molar-refractivity contribution in [3.8, 4) is 0 Å². The van der Waals surface area contributed by atoms with Crippen LogP contribution in [0.4, 0.5) is 4.39 Å². The predicted octanol–water partition coefficient (Wildman–Crippen LogP) is 2.08. The summed E-state index contributed by atoms with van der Waals surface area (Å²) >= 11 is 1.69. The standard InChI is InChI=1S/C8H13FO2S/c1-8(3-2-4-12-8)5-6(9)7(10)11/h6H,2-5H2,1H3,(H,10,11). The van der Waals surface area contributed by atoms with Gasteiger partial charge in [0, 0.05) is 11.2 Å². The van der Waals surface area contributed by atoms with Gasteiger partial charge >= 0.3 is 5.97 Å². The molecule has 0 radical (unpaired) electrons. The second-order valence-corrected chi connectivity index (χ2v) is 5.09. The Bertz CT molecular complexity index is 178. The third-order valence-corrected chi connectivity index (χ3v) is 3.74. The van der Waals surface area contributed by atoms with Gasteiger partial charge in [0.2, 0.25) is 0 Å². The Balaban J connectivity index is 2.43. The Kier molecular flexibility index (Phi) is 2.99. The van der Waals surface area contributed by atoms with E-state index in [9.17, 15) is 9.18 Å². The van der Waals surface area contributed by atoms with Gasteiger partial charge in [-0.1, -0.05) is 6.92 Å². The normalized spacial score (nSPS) is 31.8. The number of hydrogen-bond donors (Lipinski definition) is 1. The quantitative estimate of drug-likeness (QED) is 0.744.